The number of hydrogen-bond acceptors (Lipinski definition) is 3. The summed E-state index contributed by atoms with van der Waals surface area (Å²) in [6.07, 6.45) is 3.64. The first-order valence-electron chi connectivity index (χ1n) is 4.70. The topological polar surface area (TPSA) is 38.7 Å². The van der Waals surface area contributed by atoms with Gasteiger partial charge in [-0.1, -0.05) is 0 Å². The third kappa shape index (κ3) is 3.57. The number of carbonyl (C=O) groups excluding carboxylic acids is 1. The third-order valence-electron chi connectivity index (χ3n) is 1.84. The van der Waals surface area contributed by atoms with Crippen LogP contribution in [-0.2, 0) is 9.53 Å². The van der Waals surface area contributed by atoms with Crippen LogP contribution < -0.4 is 0 Å². The average molecular weight is 183 g/mol. The van der Waals surface area contributed by atoms with Crippen LogP contribution >= 0.6 is 0 Å². The highest BCUT2D eigenvalue weighted by Gasteiger charge is 2.25. The standard InChI is InChI=1S/C10H17NO2/c1-10(2,3)13-9(12)8-5-4-6-11-7-8/h6,8H,4-5,7H2,1-3H3. The molecular weight excluding hydrogens is 166 g/mol. The van der Waals surface area contributed by atoms with Crippen LogP contribution in [0.3, 0.4) is 0 Å². The highest BCUT2D eigenvalue weighted by atomic mass is 16.6. The Hall–Kier alpha value is -0.860. The van der Waals surface area contributed by atoms with E-state index in [0.717, 1.165) is 12.8 Å². The Morgan fingerprint density at radius 2 is 2.23 bits per heavy atom. The van der Waals surface area contributed by atoms with Gasteiger partial charge in [-0.05, 0) is 39.8 Å². The van der Waals surface area contributed by atoms with Gasteiger partial charge in [0.15, 0.2) is 0 Å². The molecule has 1 unspecified atom stereocenters. The number of ether oxygens (including phenoxy) is 1. The number of aliphatic imine (C=N–C) groups is 1. The number of rotatable bonds is 1. The Kier molecular flexibility index (Phi) is 3.07. The zero-order chi connectivity index (χ0) is 9.90. The van der Waals surface area contributed by atoms with Gasteiger partial charge in [0.05, 0.1) is 12.5 Å². The molecule has 0 aromatic rings. The second kappa shape index (κ2) is 3.90. The van der Waals surface area contributed by atoms with Crippen LogP contribution in [0.5, 0.6) is 0 Å². The molecule has 0 N–H and O–H groups in total. The fourth-order valence-corrected chi connectivity index (χ4v) is 1.24. The summed E-state index contributed by atoms with van der Waals surface area (Å²) in [5.41, 5.74) is -0.377. The average Bonchev–Trinajstić information content (AvgIpc) is 2.03. The van der Waals surface area contributed by atoms with Crippen molar-refractivity contribution < 1.29 is 9.53 Å². The van der Waals surface area contributed by atoms with Crippen LogP contribution in [0.1, 0.15) is 33.6 Å². The maximum absolute atomic E-state index is 11.5. The zero-order valence-corrected chi connectivity index (χ0v) is 8.54. The lowest BCUT2D eigenvalue weighted by Crippen LogP contribution is -2.31. The molecule has 0 radical (unpaired) electrons. The summed E-state index contributed by atoms with van der Waals surface area (Å²) < 4.78 is 5.26. The lowest BCUT2D eigenvalue weighted by atomic mass is 10.0. The van der Waals surface area contributed by atoms with Crippen molar-refractivity contribution in [3.05, 3.63) is 0 Å². The molecule has 0 fully saturated rings. The van der Waals surface area contributed by atoms with Gasteiger partial charge >= 0.3 is 5.97 Å². The number of hydrogen-bond donors (Lipinski definition) is 0. The number of esters is 1. The van der Waals surface area contributed by atoms with Crippen LogP contribution in [-0.4, -0.2) is 24.3 Å². The fraction of sp³-hybridized carbons (Fsp3) is 0.800. The summed E-state index contributed by atoms with van der Waals surface area (Å²) in [5.74, 6) is -0.131. The van der Waals surface area contributed by atoms with Gasteiger partial charge in [0.25, 0.3) is 0 Å². The first-order valence-corrected chi connectivity index (χ1v) is 4.70. The Bertz CT molecular complexity index is 215. The Balaban J connectivity index is 2.43. The normalized spacial score (nSPS) is 22.8. The monoisotopic (exact) mass is 183 g/mol. The van der Waals surface area contributed by atoms with E-state index in [9.17, 15) is 4.79 Å². The molecule has 0 aromatic heterocycles. The molecule has 1 heterocycles. The predicted molar refractivity (Wildman–Crippen MR) is 51.9 cm³/mol. The van der Waals surface area contributed by atoms with E-state index in [4.69, 9.17) is 4.74 Å². The minimum atomic E-state index is -0.377. The molecule has 0 spiro atoms. The van der Waals surface area contributed by atoms with Crippen molar-refractivity contribution in [1.29, 1.82) is 0 Å². The molecule has 1 rings (SSSR count). The van der Waals surface area contributed by atoms with Crippen LogP contribution in [0.25, 0.3) is 0 Å². The molecular formula is C10H17NO2. The largest absolute Gasteiger partial charge is 0.460 e. The van der Waals surface area contributed by atoms with Gasteiger partial charge in [-0.15, -0.1) is 0 Å². The number of carbonyl (C=O) groups is 1. The second-order valence-electron chi connectivity index (χ2n) is 4.36. The molecule has 1 aliphatic heterocycles. The molecule has 3 heteroatoms. The van der Waals surface area contributed by atoms with E-state index < -0.39 is 0 Å². The maximum atomic E-state index is 11.5. The van der Waals surface area contributed by atoms with E-state index in [2.05, 4.69) is 4.99 Å². The Morgan fingerprint density at radius 3 is 2.69 bits per heavy atom. The summed E-state index contributed by atoms with van der Waals surface area (Å²) in [5, 5.41) is 0. The van der Waals surface area contributed by atoms with E-state index in [1.54, 1.807) is 0 Å². The van der Waals surface area contributed by atoms with Gasteiger partial charge in [-0.3, -0.25) is 9.79 Å². The Morgan fingerprint density at radius 1 is 1.54 bits per heavy atom. The second-order valence-corrected chi connectivity index (χ2v) is 4.36. The molecule has 0 saturated carbocycles. The SMILES string of the molecule is CC(C)(C)OC(=O)C1CCC=NC1. The van der Waals surface area contributed by atoms with Crippen molar-refractivity contribution in [1.82, 2.24) is 0 Å². The molecule has 0 saturated heterocycles. The molecule has 74 valence electrons. The van der Waals surface area contributed by atoms with Crippen LogP contribution in [0.15, 0.2) is 4.99 Å². The van der Waals surface area contributed by atoms with Crippen molar-refractivity contribution in [2.75, 3.05) is 6.54 Å². The molecule has 0 bridgehead atoms. The van der Waals surface area contributed by atoms with Gasteiger partial charge in [0, 0.05) is 0 Å². The zero-order valence-electron chi connectivity index (χ0n) is 8.54. The first-order chi connectivity index (χ1) is 5.99. The van der Waals surface area contributed by atoms with Crippen molar-refractivity contribution in [3.8, 4) is 0 Å². The molecule has 1 aliphatic rings. The van der Waals surface area contributed by atoms with E-state index in [-0.39, 0.29) is 17.5 Å². The molecule has 3 nitrogen and oxygen atoms in total. The van der Waals surface area contributed by atoms with Gasteiger partial charge < -0.3 is 4.74 Å². The summed E-state index contributed by atoms with van der Waals surface area (Å²) in [6.45, 7) is 6.25. The summed E-state index contributed by atoms with van der Waals surface area (Å²) >= 11 is 0. The van der Waals surface area contributed by atoms with E-state index in [1.807, 2.05) is 27.0 Å². The highest BCUT2D eigenvalue weighted by Crippen LogP contribution is 2.17. The van der Waals surface area contributed by atoms with Crippen molar-refractivity contribution in [2.45, 2.75) is 39.2 Å². The Labute approximate surface area is 79.2 Å². The predicted octanol–water partition coefficient (Wildman–Crippen LogP) is 1.81. The maximum Gasteiger partial charge on any atom is 0.311 e. The van der Waals surface area contributed by atoms with E-state index in [1.165, 1.54) is 0 Å². The van der Waals surface area contributed by atoms with Gasteiger partial charge in [-0.2, -0.15) is 0 Å². The first kappa shape index (κ1) is 10.2. The van der Waals surface area contributed by atoms with Crippen LogP contribution in [0.2, 0.25) is 0 Å². The minimum Gasteiger partial charge on any atom is -0.460 e. The lowest BCUT2D eigenvalue weighted by Gasteiger charge is -2.24. The summed E-state index contributed by atoms with van der Waals surface area (Å²) in [7, 11) is 0. The quantitative estimate of drug-likeness (QED) is 0.581. The van der Waals surface area contributed by atoms with Gasteiger partial charge in [-0.25, -0.2) is 0 Å². The van der Waals surface area contributed by atoms with Crippen molar-refractivity contribution >= 4 is 12.2 Å². The van der Waals surface area contributed by atoms with Crippen LogP contribution in [0, 0.1) is 5.92 Å². The molecule has 0 aliphatic carbocycles. The van der Waals surface area contributed by atoms with Gasteiger partial charge in [0.2, 0.25) is 0 Å². The highest BCUT2D eigenvalue weighted by molar-refractivity contribution is 5.75. The molecule has 0 aromatic carbocycles. The number of nitrogens with zero attached hydrogens (tertiary/aromatic N) is 1. The smallest absolute Gasteiger partial charge is 0.311 e. The van der Waals surface area contributed by atoms with Crippen LogP contribution in [0.4, 0.5) is 0 Å². The minimum absolute atomic E-state index is 0.0239. The van der Waals surface area contributed by atoms with Crippen molar-refractivity contribution in [3.63, 3.8) is 0 Å². The summed E-state index contributed by atoms with van der Waals surface area (Å²) in [6, 6.07) is 0. The molecule has 13 heavy (non-hydrogen) atoms. The third-order valence-corrected chi connectivity index (χ3v) is 1.84. The molecule has 0 amide bonds. The van der Waals surface area contributed by atoms with Crippen molar-refractivity contribution in [2.24, 2.45) is 10.9 Å². The summed E-state index contributed by atoms with van der Waals surface area (Å²) in [4.78, 5) is 15.6. The van der Waals surface area contributed by atoms with Gasteiger partial charge in [0.1, 0.15) is 5.60 Å². The van der Waals surface area contributed by atoms with E-state index >= 15 is 0 Å². The van der Waals surface area contributed by atoms with E-state index in [0.29, 0.717) is 6.54 Å². The lowest BCUT2D eigenvalue weighted by molar-refractivity contribution is -0.159. The fourth-order valence-electron chi connectivity index (χ4n) is 1.24. The molecule has 1 atom stereocenters.